The van der Waals surface area contributed by atoms with Crippen molar-refractivity contribution in [2.45, 2.75) is 64.8 Å². The van der Waals surface area contributed by atoms with Crippen LogP contribution in [0.4, 0.5) is 13.2 Å². The first-order valence-electron chi connectivity index (χ1n) is 12.6. The molecule has 1 aliphatic heterocycles. The third kappa shape index (κ3) is 5.61. The first-order chi connectivity index (χ1) is 17.0. The Morgan fingerprint density at radius 3 is 2.67 bits per heavy atom. The minimum atomic E-state index is -4.41. The van der Waals surface area contributed by atoms with Crippen LogP contribution in [-0.4, -0.2) is 47.6 Å². The summed E-state index contributed by atoms with van der Waals surface area (Å²) in [6.07, 6.45) is -0.642. The van der Waals surface area contributed by atoms with Gasteiger partial charge in [-0.2, -0.15) is 13.2 Å². The van der Waals surface area contributed by atoms with E-state index in [9.17, 15) is 18.3 Å². The second-order valence-electron chi connectivity index (χ2n) is 10.7. The summed E-state index contributed by atoms with van der Waals surface area (Å²) in [6.45, 7) is 6.35. The molecule has 5 nitrogen and oxygen atoms in total. The first kappa shape index (κ1) is 26.6. The van der Waals surface area contributed by atoms with Crippen molar-refractivity contribution < 1.29 is 23.0 Å². The zero-order valence-electron chi connectivity index (χ0n) is 21.5. The normalized spacial score (nSPS) is 18.1. The lowest BCUT2D eigenvalue weighted by Gasteiger charge is -2.24. The van der Waals surface area contributed by atoms with Crippen molar-refractivity contribution >= 4 is 10.9 Å². The fraction of sp³-hybridized carbons (Fsp3) is 0.536. The van der Waals surface area contributed by atoms with Crippen molar-refractivity contribution in [2.24, 2.45) is 5.41 Å². The van der Waals surface area contributed by atoms with E-state index in [0.29, 0.717) is 34.8 Å². The number of nitrogens with one attached hydrogen (secondary N) is 1. The number of aliphatic hydroxyl groups is 1. The molecular formula is C28H36F3N3O2. The minimum Gasteiger partial charge on any atom is -0.396 e. The van der Waals surface area contributed by atoms with Crippen molar-refractivity contribution in [3.05, 3.63) is 53.3 Å². The van der Waals surface area contributed by atoms with Gasteiger partial charge in [0, 0.05) is 42.9 Å². The van der Waals surface area contributed by atoms with E-state index in [1.54, 1.807) is 19.4 Å². The highest BCUT2D eigenvalue weighted by atomic mass is 19.4. The van der Waals surface area contributed by atoms with E-state index >= 15 is 0 Å². The van der Waals surface area contributed by atoms with Gasteiger partial charge in [0.15, 0.2) is 0 Å². The number of ether oxygens (including phenoxy) is 1. The van der Waals surface area contributed by atoms with E-state index in [1.165, 1.54) is 4.57 Å². The largest absolute Gasteiger partial charge is 0.406 e. The maximum atomic E-state index is 14.0. The van der Waals surface area contributed by atoms with Crippen LogP contribution >= 0.6 is 0 Å². The van der Waals surface area contributed by atoms with Crippen molar-refractivity contribution in [1.82, 2.24) is 14.9 Å². The van der Waals surface area contributed by atoms with Crippen LogP contribution in [0.1, 0.15) is 62.5 Å². The molecule has 1 saturated heterocycles. The van der Waals surface area contributed by atoms with Gasteiger partial charge in [0.2, 0.25) is 0 Å². The van der Waals surface area contributed by atoms with E-state index in [1.807, 2.05) is 39.0 Å². The standard InChI is InChI=1S/C28H36F3N3O2/c1-18(36-4)25-21(8-6-12-33-25)26-23(14-27(2,3)17-35)22-13-19(20-7-5-11-32-15-20)9-10-24(22)34(26)16-28(29,30)31/h6,8-10,12-13,18,20,32,35H,5,7,11,14-17H2,1-4H3. The molecule has 0 bridgehead atoms. The Hall–Kier alpha value is -2.42. The molecule has 2 N–H and O–H groups in total. The molecule has 1 fully saturated rings. The average Bonchev–Trinajstić information content (AvgIpc) is 3.14. The number of benzene rings is 1. The van der Waals surface area contributed by atoms with Crippen LogP contribution in [-0.2, 0) is 17.7 Å². The number of fused-ring (bicyclic) bond motifs is 1. The Morgan fingerprint density at radius 2 is 2.03 bits per heavy atom. The predicted octanol–water partition coefficient (Wildman–Crippen LogP) is 6.00. The Kier molecular flexibility index (Phi) is 7.78. The summed E-state index contributed by atoms with van der Waals surface area (Å²) in [5.41, 5.74) is 3.65. The van der Waals surface area contributed by atoms with Gasteiger partial charge in [-0.1, -0.05) is 19.9 Å². The molecule has 1 aliphatic rings. The van der Waals surface area contributed by atoms with Gasteiger partial charge in [-0.3, -0.25) is 4.98 Å². The molecule has 2 atom stereocenters. The summed E-state index contributed by atoms with van der Waals surface area (Å²) in [5, 5.41) is 14.3. The smallest absolute Gasteiger partial charge is 0.396 e. The maximum absolute atomic E-state index is 14.0. The predicted molar refractivity (Wildman–Crippen MR) is 136 cm³/mol. The van der Waals surface area contributed by atoms with E-state index in [2.05, 4.69) is 16.4 Å². The fourth-order valence-electron chi connectivity index (χ4n) is 5.25. The highest BCUT2D eigenvalue weighted by Crippen LogP contribution is 2.42. The van der Waals surface area contributed by atoms with Crippen LogP contribution < -0.4 is 5.32 Å². The number of aliphatic hydroxyl groups excluding tert-OH is 1. The molecule has 36 heavy (non-hydrogen) atoms. The van der Waals surface area contributed by atoms with Gasteiger partial charge in [-0.05, 0) is 79.5 Å². The number of aromatic nitrogens is 2. The Labute approximate surface area is 210 Å². The van der Waals surface area contributed by atoms with Gasteiger partial charge in [0.25, 0.3) is 0 Å². The Balaban J connectivity index is 2.04. The van der Waals surface area contributed by atoms with Crippen molar-refractivity contribution in [3.8, 4) is 11.3 Å². The summed E-state index contributed by atoms with van der Waals surface area (Å²) < 4.78 is 48.8. The van der Waals surface area contributed by atoms with Crippen molar-refractivity contribution in [3.63, 3.8) is 0 Å². The maximum Gasteiger partial charge on any atom is 0.406 e. The summed E-state index contributed by atoms with van der Waals surface area (Å²) in [6, 6.07) is 9.44. The quantitative estimate of drug-likeness (QED) is 0.396. The second-order valence-corrected chi connectivity index (χ2v) is 10.7. The number of alkyl halides is 3. The summed E-state index contributed by atoms with van der Waals surface area (Å²) >= 11 is 0. The molecule has 8 heteroatoms. The second kappa shape index (κ2) is 10.5. The molecule has 1 aromatic carbocycles. The molecule has 0 spiro atoms. The number of methoxy groups -OCH3 is 1. The van der Waals surface area contributed by atoms with Crippen molar-refractivity contribution in [2.75, 3.05) is 26.8 Å². The van der Waals surface area contributed by atoms with Crippen LogP contribution in [0.3, 0.4) is 0 Å². The van der Waals surface area contributed by atoms with Crippen LogP contribution in [0, 0.1) is 5.41 Å². The number of hydrogen-bond donors (Lipinski definition) is 2. The number of hydrogen-bond acceptors (Lipinski definition) is 4. The van der Waals surface area contributed by atoms with E-state index in [4.69, 9.17) is 4.74 Å². The topological polar surface area (TPSA) is 59.3 Å². The number of pyridine rings is 1. The number of halogens is 3. The Morgan fingerprint density at radius 1 is 1.25 bits per heavy atom. The molecule has 0 amide bonds. The van der Waals surface area contributed by atoms with Gasteiger partial charge in [0.05, 0.1) is 17.5 Å². The van der Waals surface area contributed by atoms with Crippen molar-refractivity contribution in [1.29, 1.82) is 0 Å². The van der Waals surface area contributed by atoms with Crippen LogP contribution in [0.25, 0.3) is 22.2 Å². The minimum absolute atomic E-state index is 0.0843. The molecule has 0 saturated carbocycles. The molecule has 2 unspecified atom stereocenters. The van der Waals surface area contributed by atoms with Gasteiger partial charge in [-0.15, -0.1) is 0 Å². The lowest BCUT2D eigenvalue weighted by Crippen LogP contribution is -2.28. The third-order valence-corrected chi connectivity index (χ3v) is 7.21. The highest BCUT2D eigenvalue weighted by molar-refractivity contribution is 5.93. The zero-order valence-corrected chi connectivity index (χ0v) is 21.5. The number of piperidine rings is 1. The molecule has 0 aliphatic carbocycles. The molecule has 0 radical (unpaired) electrons. The summed E-state index contributed by atoms with van der Waals surface area (Å²) in [5.74, 6) is 0.318. The van der Waals surface area contributed by atoms with Crippen LogP contribution in [0.5, 0.6) is 0 Å². The first-order valence-corrected chi connectivity index (χ1v) is 12.6. The average molecular weight is 504 g/mol. The molecule has 2 aromatic heterocycles. The lowest BCUT2D eigenvalue weighted by atomic mass is 9.83. The Bertz CT molecular complexity index is 1200. The number of nitrogens with zero attached hydrogens (tertiary/aromatic N) is 2. The van der Waals surface area contributed by atoms with Gasteiger partial charge in [0.1, 0.15) is 6.54 Å². The van der Waals surface area contributed by atoms with Gasteiger partial charge >= 0.3 is 6.18 Å². The number of rotatable bonds is 8. The van der Waals surface area contributed by atoms with Gasteiger partial charge in [-0.25, -0.2) is 0 Å². The molecule has 3 aromatic rings. The fourth-order valence-corrected chi connectivity index (χ4v) is 5.25. The molecule has 4 rings (SSSR count). The molecular weight excluding hydrogens is 467 g/mol. The van der Waals surface area contributed by atoms with E-state index < -0.39 is 24.2 Å². The highest BCUT2D eigenvalue weighted by Gasteiger charge is 2.34. The molecule has 3 heterocycles. The SMILES string of the molecule is COC(C)c1ncccc1-c1c(CC(C)(C)CO)c2cc(C3CCCNC3)ccc2n1CC(F)(F)F. The van der Waals surface area contributed by atoms with Crippen LogP contribution in [0.15, 0.2) is 36.5 Å². The van der Waals surface area contributed by atoms with E-state index in [0.717, 1.165) is 42.4 Å². The van der Waals surface area contributed by atoms with E-state index in [-0.39, 0.29) is 6.61 Å². The summed E-state index contributed by atoms with van der Waals surface area (Å²) in [7, 11) is 1.56. The zero-order chi connectivity index (χ0) is 26.1. The van der Waals surface area contributed by atoms with Crippen LogP contribution in [0.2, 0.25) is 0 Å². The third-order valence-electron chi connectivity index (χ3n) is 7.21. The monoisotopic (exact) mass is 503 g/mol. The van der Waals surface area contributed by atoms with Gasteiger partial charge < -0.3 is 19.7 Å². The summed E-state index contributed by atoms with van der Waals surface area (Å²) in [4.78, 5) is 4.51. The lowest BCUT2D eigenvalue weighted by molar-refractivity contribution is -0.139. The molecule has 196 valence electrons.